The number of hydrogen-bond acceptors (Lipinski definition) is 7. The van der Waals surface area contributed by atoms with Crippen molar-refractivity contribution in [3.63, 3.8) is 0 Å². The SMILES string of the molecule is CC1(C)OB(c2ccc(C[C@@H](NC(=O)C[C@@H](O)CNC(=O)OCc3ccccc3)C(=O)O)cc2)OC1(C)C. The highest BCUT2D eigenvalue weighted by Crippen LogP contribution is 2.36. The van der Waals surface area contributed by atoms with Crippen molar-refractivity contribution in [2.45, 2.75) is 70.5 Å². The lowest BCUT2D eigenvalue weighted by Crippen LogP contribution is -2.44. The van der Waals surface area contributed by atoms with Crippen LogP contribution in [0, 0.1) is 0 Å². The van der Waals surface area contributed by atoms with E-state index < -0.39 is 48.4 Å². The number of benzene rings is 2. The third-order valence-corrected chi connectivity index (χ3v) is 6.69. The maximum Gasteiger partial charge on any atom is 0.494 e. The molecule has 1 aliphatic heterocycles. The van der Waals surface area contributed by atoms with Gasteiger partial charge in [0.25, 0.3) is 0 Å². The van der Waals surface area contributed by atoms with E-state index in [1.807, 2.05) is 58.0 Å². The fourth-order valence-corrected chi connectivity index (χ4v) is 3.74. The molecular formula is C27H35BN2O8. The van der Waals surface area contributed by atoms with Crippen LogP contribution in [0.1, 0.15) is 45.2 Å². The number of carboxylic acid groups (broad SMARTS) is 1. The summed E-state index contributed by atoms with van der Waals surface area (Å²) in [5.74, 6) is -1.86. The molecule has 0 bridgehead atoms. The maximum absolute atomic E-state index is 12.4. The molecule has 1 heterocycles. The summed E-state index contributed by atoms with van der Waals surface area (Å²) in [5, 5.41) is 24.5. The normalized spacial score (nSPS) is 17.3. The Bertz CT molecular complexity index is 1090. The van der Waals surface area contributed by atoms with Crippen LogP contribution in [0.3, 0.4) is 0 Å². The van der Waals surface area contributed by atoms with Crippen molar-refractivity contribution in [1.29, 1.82) is 0 Å². The predicted octanol–water partition coefficient (Wildman–Crippen LogP) is 1.78. The summed E-state index contributed by atoms with van der Waals surface area (Å²) < 4.78 is 17.1. The Morgan fingerprint density at radius 2 is 1.55 bits per heavy atom. The topological polar surface area (TPSA) is 143 Å². The van der Waals surface area contributed by atoms with Gasteiger partial charge >= 0.3 is 19.2 Å². The molecule has 1 saturated heterocycles. The van der Waals surface area contributed by atoms with Crippen LogP contribution in [-0.2, 0) is 36.7 Å². The maximum atomic E-state index is 12.4. The molecule has 11 heteroatoms. The molecule has 0 radical (unpaired) electrons. The number of hydrogen-bond donors (Lipinski definition) is 4. The minimum atomic E-state index is -1.21. The summed E-state index contributed by atoms with van der Waals surface area (Å²) in [6, 6.07) is 15.1. The van der Waals surface area contributed by atoms with E-state index in [1.165, 1.54) is 0 Å². The first-order chi connectivity index (χ1) is 17.9. The number of aliphatic hydroxyl groups is 1. The van der Waals surface area contributed by atoms with Crippen LogP contribution >= 0.6 is 0 Å². The molecule has 0 aromatic heterocycles. The van der Waals surface area contributed by atoms with Gasteiger partial charge in [-0.15, -0.1) is 0 Å². The molecule has 0 aliphatic carbocycles. The van der Waals surface area contributed by atoms with Crippen LogP contribution in [0.2, 0.25) is 0 Å². The van der Waals surface area contributed by atoms with E-state index in [2.05, 4.69) is 10.6 Å². The zero-order chi connectivity index (χ0) is 27.9. The summed E-state index contributed by atoms with van der Waals surface area (Å²) in [4.78, 5) is 35.9. The first-order valence-electron chi connectivity index (χ1n) is 12.5. The number of alkyl carbamates (subject to hydrolysis) is 1. The summed E-state index contributed by atoms with van der Waals surface area (Å²) in [6.07, 6.45) is -2.29. The number of rotatable bonds is 11. The highest BCUT2D eigenvalue weighted by atomic mass is 16.7. The Labute approximate surface area is 222 Å². The molecule has 10 nitrogen and oxygen atoms in total. The molecule has 2 amide bonds. The molecule has 38 heavy (non-hydrogen) atoms. The quantitative estimate of drug-likeness (QED) is 0.325. The van der Waals surface area contributed by atoms with Gasteiger partial charge in [0.2, 0.25) is 5.91 Å². The first-order valence-corrected chi connectivity index (χ1v) is 12.5. The van der Waals surface area contributed by atoms with E-state index in [4.69, 9.17) is 14.0 Å². The smallest absolute Gasteiger partial charge is 0.480 e. The van der Waals surface area contributed by atoms with Gasteiger partial charge in [0.05, 0.1) is 23.7 Å². The van der Waals surface area contributed by atoms with Crippen molar-refractivity contribution in [1.82, 2.24) is 10.6 Å². The van der Waals surface area contributed by atoms with Crippen molar-refractivity contribution in [3.05, 3.63) is 65.7 Å². The van der Waals surface area contributed by atoms with Gasteiger partial charge in [-0.05, 0) is 44.3 Å². The van der Waals surface area contributed by atoms with E-state index >= 15 is 0 Å². The van der Waals surface area contributed by atoms with Gasteiger partial charge < -0.3 is 34.9 Å². The van der Waals surface area contributed by atoms with Gasteiger partial charge in [0.1, 0.15) is 12.6 Å². The summed E-state index contributed by atoms with van der Waals surface area (Å²) >= 11 is 0. The average molecular weight is 526 g/mol. The predicted molar refractivity (Wildman–Crippen MR) is 141 cm³/mol. The molecule has 2 aromatic carbocycles. The molecule has 1 fully saturated rings. The number of nitrogens with one attached hydrogen (secondary N) is 2. The molecule has 2 aromatic rings. The standard InChI is InChI=1S/C27H35BN2O8/c1-26(2)27(3,4)38-28(37-26)20-12-10-18(11-13-20)14-22(24(33)34)30-23(32)15-21(31)16-29-25(35)36-17-19-8-6-5-7-9-19/h5-13,21-22,31H,14-17H2,1-4H3,(H,29,35)(H,30,32)(H,33,34)/t21-,22-/m1/s1. The van der Waals surface area contributed by atoms with Gasteiger partial charge in [-0.3, -0.25) is 4.79 Å². The highest BCUT2D eigenvalue weighted by molar-refractivity contribution is 6.62. The number of aliphatic carboxylic acids is 1. The minimum absolute atomic E-state index is 0.0465. The Morgan fingerprint density at radius 3 is 2.13 bits per heavy atom. The van der Waals surface area contributed by atoms with E-state index in [0.717, 1.165) is 11.0 Å². The van der Waals surface area contributed by atoms with Gasteiger partial charge in [-0.25, -0.2) is 9.59 Å². The molecule has 204 valence electrons. The van der Waals surface area contributed by atoms with E-state index in [1.54, 1.807) is 24.3 Å². The third kappa shape index (κ3) is 8.05. The molecule has 0 spiro atoms. The highest BCUT2D eigenvalue weighted by Gasteiger charge is 2.51. The monoisotopic (exact) mass is 526 g/mol. The zero-order valence-electron chi connectivity index (χ0n) is 22.1. The number of carbonyl (C=O) groups is 3. The molecule has 1 aliphatic rings. The number of ether oxygens (including phenoxy) is 1. The molecular weight excluding hydrogens is 491 g/mol. The average Bonchev–Trinajstić information content (AvgIpc) is 3.08. The fourth-order valence-electron chi connectivity index (χ4n) is 3.74. The second-order valence-corrected chi connectivity index (χ2v) is 10.3. The van der Waals surface area contributed by atoms with Crippen LogP contribution in [0.15, 0.2) is 54.6 Å². The number of carboxylic acids is 1. The summed E-state index contributed by atoms with van der Waals surface area (Å²) in [6.45, 7) is 7.71. The van der Waals surface area contributed by atoms with Crippen molar-refractivity contribution < 1.29 is 38.6 Å². The Morgan fingerprint density at radius 1 is 0.947 bits per heavy atom. The van der Waals surface area contributed by atoms with Crippen molar-refractivity contribution in [3.8, 4) is 0 Å². The lowest BCUT2D eigenvalue weighted by Gasteiger charge is -2.32. The number of aliphatic hydroxyl groups excluding tert-OH is 1. The zero-order valence-corrected chi connectivity index (χ0v) is 22.1. The molecule has 2 atom stereocenters. The van der Waals surface area contributed by atoms with E-state index in [0.29, 0.717) is 5.56 Å². The van der Waals surface area contributed by atoms with Gasteiger partial charge in [0, 0.05) is 13.0 Å². The number of carbonyl (C=O) groups excluding carboxylic acids is 2. The van der Waals surface area contributed by atoms with Gasteiger partial charge in [-0.2, -0.15) is 0 Å². The van der Waals surface area contributed by atoms with Crippen molar-refractivity contribution in [2.75, 3.05) is 6.54 Å². The van der Waals surface area contributed by atoms with Crippen LogP contribution in [0.4, 0.5) is 4.79 Å². The Balaban J connectivity index is 1.44. The molecule has 4 N–H and O–H groups in total. The third-order valence-electron chi connectivity index (χ3n) is 6.69. The van der Waals surface area contributed by atoms with Crippen LogP contribution in [0.5, 0.6) is 0 Å². The van der Waals surface area contributed by atoms with Crippen LogP contribution < -0.4 is 16.1 Å². The second kappa shape index (κ2) is 12.4. The minimum Gasteiger partial charge on any atom is -0.480 e. The van der Waals surface area contributed by atoms with E-state index in [-0.39, 0.29) is 26.0 Å². The molecule has 0 unspecified atom stereocenters. The Hall–Kier alpha value is -3.41. The Kier molecular flexibility index (Phi) is 9.53. The van der Waals surface area contributed by atoms with Crippen molar-refractivity contribution in [2.24, 2.45) is 0 Å². The van der Waals surface area contributed by atoms with Crippen LogP contribution in [-0.4, -0.2) is 65.2 Å². The number of amides is 2. The summed E-state index contributed by atoms with van der Waals surface area (Å²) in [5.41, 5.74) is 1.36. The largest absolute Gasteiger partial charge is 0.494 e. The lowest BCUT2D eigenvalue weighted by molar-refractivity contribution is -0.142. The van der Waals surface area contributed by atoms with Gasteiger partial charge in [0.15, 0.2) is 0 Å². The molecule has 0 saturated carbocycles. The second-order valence-electron chi connectivity index (χ2n) is 10.3. The molecule has 3 rings (SSSR count). The summed E-state index contributed by atoms with van der Waals surface area (Å²) in [7, 11) is -0.533. The lowest BCUT2D eigenvalue weighted by atomic mass is 9.78. The first kappa shape index (κ1) is 29.2. The van der Waals surface area contributed by atoms with Gasteiger partial charge in [-0.1, -0.05) is 54.6 Å². The van der Waals surface area contributed by atoms with E-state index in [9.17, 15) is 24.6 Å². The fraction of sp³-hybridized carbons (Fsp3) is 0.444. The van der Waals surface area contributed by atoms with Crippen molar-refractivity contribution >= 4 is 30.6 Å². The van der Waals surface area contributed by atoms with Crippen LogP contribution in [0.25, 0.3) is 0 Å².